The molecule has 0 bridgehead atoms. The Morgan fingerprint density at radius 1 is 1.00 bits per heavy atom. The molecular weight excluding hydrogens is 224 g/mol. The summed E-state index contributed by atoms with van der Waals surface area (Å²) >= 11 is 0. The number of hydrogen-bond acceptors (Lipinski definition) is 2. The van der Waals surface area contributed by atoms with E-state index in [1.165, 1.54) is 5.56 Å². The SMILES string of the molecule is CCOc1cc(C(C)(C)C)cc(C(C)(C)C)c1O. The molecule has 0 aliphatic rings. The van der Waals surface area contributed by atoms with Gasteiger partial charge in [0.1, 0.15) is 0 Å². The standard InChI is InChI=1S/C16H26O2/c1-8-18-13-10-11(15(2,3)4)9-12(14(13)17)16(5,6)7/h9-10,17H,8H2,1-7H3. The third-order valence-corrected chi connectivity index (χ3v) is 3.05. The van der Waals surface area contributed by atoms with Crippen molar-refractivity contribution < 1.29 is 9.84 Å². The molecule has 1 aromatic carbocycles. The topological polar surface area (TPSA) is 29.5 Å². The zero-order valence-electron chi connectivity index (χ0n) is 12.7. The van der Waals surface area contributed by atoms with Crippen molar-refractivity contribution in [1.82, 2.24) is 0 Å². The Bertz CT molecular complexity index is 420. The Labute approximate surface area is 111 Å². The molecule has 1 aromatic rings. The Balaban J connectivity index is 3.47. The van der Waals surface area contributed by atoms with Crippen LogP contribution in [-0.4, -0.2) is 11.7 Å². The second kappa shape index (κ2) is 4.83. The van der Waals surface area contributed by atoms with E-state index in [-0.39, 0.29) is 16.6 Å². The number of benzene rings is 1. The molecule has 0 aliphatic heterocycles. The van der Waals surface area contributed by atoms with Crippen molar-refractivity contribution in [3.05, 3.63) is 23.3 Å². The second-order valence-corrected chi connectivity index (χ2v) is 6.80. The summed E-state index contributed by atoms with van der Waals surface area (Å²) in [7, 11) is 0. The van der Waals surface area contributed by atoms with Crippen LogP contribution in [0.3, 0.4) is 0 Å². The van der Waals surface area contributed by atoms with Crippen LogP contribution in [0.15, 0.2) is 12.1 Å². The molecule has 0 atom stereocenters. The van der Waals surface area contributed by atoms with Crippen molar-refractivity contribution in [3.63, 3.8) is 0 Å². The fraction of sp³-hybridized carbons (Fsp3) is 0.625. The van der Waals surface area contributed by atoms with E-state index in [0.29, 0.717) is 12.4 Å². The summed E-state index contributed by atoms with van der Waals surface area (Å²) in [6, 6.07) is 4.05. The summed E-state index contributed by atoms with van der Waals surface area (Å²) in [6.45, 7) is 15.3. The van der Waals surface area contributed by atoms with Gasteiger partial charge in [0.25, 0.3) is 0 Å². The Hall–Kier alpha value is -1.18. The van der Waals surface area contributed by atoms with E-state index < -0.39 is 0 Å². The maximum atomic E-state index is 10.3. The van der Waals surface area contributed by atoms with Gasteiger partial charge in [-0.05, 0) is 29.4 Å². The summed E-state index contributed by atoms with van der Waals surface area (Å²) in [4.78, 5) is 0. The van der Waals surface area contributed by atoms with Crippen LogP contribution >= 0.6 is 0 Å². The minimum Gasteiger partial charge on any atom is -0.504 e. The minimum atomic E-state index is -0.100. The molecule has 0 saturated carbocycles. The van der Waals surface area contributed by atoms with Gasteiger partial charge in [-0.3, -0.25) is 0 Å². The van der Waals surface area contributed by atoms with Crippen LogP contribution in [-0.2, 0) is 10.8 Å². The van der Waals surface area contributed by atoms with Crippen molar-refractivity contribution in [2.45, 2.75) is 59.3 Å². The number of phenolic OH excluding ortho intramolecular Hbond substituents is 1. The van der Waals surface area contributed by atoms with Crippen molar-refractivity contribution >= 4 is 0 Å². The molecule has 1 rings (SSSR count). The maximum absolute atomic E-state index is 10.3. The number of aromatic hydroxyl groups is 1. The highest BCUT2D eigenvalue weighted by atomic mass is 16.5. The van der Waals surface area contributed by atoms with Gasteiger partial charge in [-0.15, -0.1) is 0 Å². The van der Waals surface area contributed by atoms with E-state index in [1.807, 2.05) is 13.0 Å². The zero-order chi connectivity index (χ0) is 14.1. The summed E-state index contributed by atoms with van der Waals surface area (Å²) in [5, 5.41) is 10.3. The molecule has 1 N–H and O–H groups in total. The van der Waals surface area contributed by atoms with E-state index in [2.05, 4.69) is 47.6 Å². The average molecular weight is 250 g/mol. The molecule has 18 heavy (non-hydrogen) atoms. The molecule has 0 aromatic heterocycles. The zero-order valence-corrected chi connectivity index (χ0v) is 12.7. The molecule has 0 saturated heterocycles. The van der Waals surface area contributed by atoms with E-state index in [4.69, 9.17) is 4.74 Å². The number of rotatable bonds is 2. The smallest absolute Gasteiger partial charge is 0.161 e. The lowest BCUT2D eigenvalue weighted by molar-refractivity contribution is 0.312. The molecule has 0 fully saturated rings. The first-order valence-corrected chi connectivity index (χ1v) is 6.58. The first-order chi connectivity index (χ1) is 8.07. The van der Waals surface area contributed by atoms with Crippen LogP contribution < -0.4 is 4.74 Å². The molecule has 2 nitrogen and oxygen atoms in total. The quantitative estimate of drug-likeness (QED) is 0.843. The molecule has 102 valence electrons. The summed E-state index contributed by atoms with van der Waals surface area (Å²) in [5.74, 6) is 0.868. The van der Waals surface area contributed by atoms with Crippen molar-refractivity contribution in [3.8, 4) is 11.5 Å². The van der Waals surface area contributed by atoms with E-state index in [1.54, 1.807) is 0 Å². The van der Waals surface area contributed by atoms with Crippen LogP contribution in [0.5, 0.6) is 11.5 Å². The first-order valence-electron chi connectivity index (χ1n) is 6.58. The van der Waals surface area contributed by atoms with Gasteiger partial charge in [0.05, 0.1) is 6.61 Å². The van der Waals surface area contributed by atoms with E-state index >= 15 is 0 Å². The van der Waals surface area contributed by atoms with Crippen LogP contribution in [0.1, 0.15) is 59.6 Å². The third kappa shape index (κ3) is 3.18. The van der Waals surface area contributed by atoms with Gasteiger partial charge in [-0.25, -0.2) is 0 Å². The third-order valence-electron chi connectivity index (χ3n) is 3.05. The van der Waals surface area contributed by atoms with Gasteiger partial charge in [0.2, 0.25) is 0 Å². The van der Waals surface area contributed by atoms with Gasteiger partial charge >= 0.3 is 0 Å². The van der Waals surface area contributed by atoms with Gasteiger partial charge < -0.3 is 9.84 Å². The van der Waals surface area contributed by atoms with Crippen LogP contribution in [0.4, 0.5) is 0 Å². The van der Waals surface area contributed by atoms with Crippen molar-refractivity contribution in [2.75, 3.05) is 6.61 Å². The molecule has 0 amide bonds. The van der Waals surface area contributed by atoms with Crippen LogP contribution in [0, 0.1) is 0 Å². The average Bonchev–Trinajstić information content (AvgIpc) is 2.17. The maximum Gasteiger partial charge on any atom is 0.161 e. The number of hydrogen-bond donors (Lipinski definition) is 1. The Morgan fingerprint density at radius 2 is 1.56 bits per heavy atom. The lowest BCUT2D eigenvalue weighted by Gasteiger charge is -2.27. The highest BCUT2D eigenvalue weighted by molar-refractivity contribution is 5.52. The number of ether oxygens (including phenoxy) is 1. The molecule has 2 heteroatoms. The highest BCUT2D eigenvalue weighted by Gasteiger charge is 2.25. The van der Waals surface area contributed by atoms with Crippen LogP contribution in [0.25, 0.3) is 0 Å². The normalized spacial score (nSPS) is 12.6. The highest BCUT2D eigenvalue weighted by Crippen LogP contribution is 2.41. The summed E-state index contributed by atoms with van der Waals surface area (Å²) < 4.78 is 5.56. The second-order valence-electron chi connectivity index (χ2n) is 6.80. The van der Waals surface area contributed by atoms with E-state index in [0.717, 1.165) is 5.56 Å². The molecular formula is C16H26O2. The Morgan fingerprint density at radius 3 is 1.94 bits per heavy atom. The minimum absolute atomic E-state index is 0.0412. The molecule has 0 heterocycles. The van der Waals surface area contributed by atoms with Gasteiger partial charge in [-0.1, -0.05) is 47.6 Å². The summed E-state index contributed by atoms with van der Waals surface area (Å²) in [5.41, 5.74) is 2.07. The van der Waals surface area contributed by atoms with Crippen LogP contribution in [0.2, 0.25) is 0 Å². The van der Waals surface area contributed by atoms with Gasteiger partial charge in [0, 0.05) is 5.56 Å². The fourth-order valence-electron chi connectivity index (χ4n) is 1.88. The largest absolute Gasteiger partial charge is 0.504 e. The molecule has 0 aliphatic carbocycles. The summed E-state index contributed by atoms with van der Waals surface area (Å²) in [6.07, 6.45) is 0. The lowest BCUT2D eigenvalue weighted by Crippen LogP contribution is -2.17. The predicted octanol–water partition coefficient (Wildman–Crippen LogP) is 4.39. The van der Waals surface area contributed by atoms with E-state index in [9.17, 15) is 5.11 Å². The van der Waals surface area contributed by atoms with Crippen molar-refractivity contribution in [2.24, 2.45) is 0 Å². The predicted molar refractivity (Wildman–Crippen MR) is 76.7 cm³/mol. The lowest BCUT2D eigenvalue weighted by atomic mass is 9.80. The van der Waals surface area contributed by atoms with Gasteiger partial charge in [-0.2, -0.15) is 0 Å². The molecule has 0 spiro atoms. The van der Waals surface area contributed by atoms with Crippen molar-refractivity contribution in [1.29, 1.82) is 0 Å². The monoisotopic (exact) mass is 250 g/mol. The van der Waals surface area contributed by atoms with Gasteiger partial charge in [0.15, 0.2) is 11.5 Å². The number of phenols is 1. The molecule has 0 radical (unpaired) electrons. The fourth-order valence-corrected chi connectivity index (χ4v) is 1.88. The first kappa shape index (κ1) is 14.9. The Kier molecular flexibility index (Phi) is 3.99. The molecule has 0 unspecified atom stereocenters.